The van der Waals surface area contributed by atoms with E-state index in [1.165, 1.54) is 25.1 Å². The van der Waals surface area contributed by atoms with Gasteiger partial charge in [0.1, 0.15) is 6.04 Å². The average molecular weight is 416 g/mol. The van der Waals surface area contributed by atoms with Gasteiger partial charge in [-0.1, -0.05) is 55.2 Å². The van der Waals surface area contributed by atoms with Crippen molar-refractivity contribution in [2.24, 2.45) is 0 Å². The number of rotatable bonds is 6. The molecule has 0 fully saturated rings. The second-order valence-electron chi connectivity index (χ2n) is 6.10. The number of para-hydroxylation sites is 1. The highest BCUT2D eigenvalue weighted by molar-refractivity contribution is 7.93. The molecule has 5 nitrogen and oxygen atoms in total. The van der Waals surface area contributed by atoms with Crippen LogP contribution in [0.25, 0.3) is 0 Å². The maximum atomic E-state index is 13.3. The standard InChI is InChI=1S/C18H19Cl2NO4S/c1-11(2)14-6-4-5-7-17(14)21(12(3)18(22)23)26(24,25)13-8-9-15(19)16(20)10-13/h4-12H,1-3H3,(H,22,23). The lowest BCUT2D eigenvalue weighted by atomic mass is 10.0. The van der Waals surface area contributed by atoms with Crippen LogP contribution in [0.3, 0.4) is 0 Å². The molecule has 1 atom stereocenters. The molecule has 0 saturated carbocycles. The van der Waals surface area contributed by atoms with E-state index in [1.807, 2.05) is 13.8 Å². The summed E-state index contributed by atoms with van der Waals surface area (Å²) in [4.78, 5) is 11.5. The van der Waals surface area contributed by atoms with Crippen LogP contribution in [0.4, 0.5) is 5.69 Å². The van der Waals surface area contributed by atoms with Gasteiger partial charge < -0.3 is 5.11 Å². The lowest BCUT2D eigenvalue weighted by Crippen LogP contribution is -2.44. The zero-order chi connectivity index (χ0) is 19.6. The van der Waals surface area contributed by atoms with Gasteiger partial charge >= 0.3 is 5.97 Å². The maximum absolute atomic E-state index is 13.3. The fourth-order valence-electron chi connectivity index (χ4n) is 2.57. The van der Waals surface area contributed by atoms with Crippen molar-refractivity contribution in [2.75, 3.05) is 4.31 Å². The van der Waals surface area contributed by atoms with Crippen molar-refractivity contribution < 1.29 is 18.3 Å². The predicted molar refractivity (Wildman–Crippen MR) is 104 cm³/mol. The van der Waals surface area contributed by atoms with Crippen LogP contribution in [0, 0.1) is 0 Å². The maximum Gasteiger partial charge on any atom is 0.327 e. The summed E-state index contributed by atoms with van der Waals surface area (Å²) in [6.07, 6.45) is 0. The molecule has 0 bridgehead atoms. The molecule has 0 heterocycles. The zero-order valence-electron chi connectivity index (χ0n) is 14.5. The Morgan fingerprint density at radius 1 is 1.04 bits per heavy atom. The average Bonchev–Trinajstić information content (AvgIpc) is 2.57. The van der Waals surface area contributed by atoms with E-state index in [1.54, 1.807) is 24.3 Å². The number of carboxylic acids is 1. The first-order valence-corrected chi connectivity index (χ1v) is 10.1. The second-order valence-corrected chi connectivity index (χ2v) is 8.73. The number of hydrogen-bond donors (Lipinski definition) is 1. The van der Waals surface area contributed by atoms with Crippen LogP contribution >= 0.6 is 23.2 Å². The van der Waals surface area contributed by atoms with E-state index in [9.17, 15) is 18.3 Å². The van der Waals surface area contributed by atoms with E-state index in [4.69, 9.17) is 23.2 Å². The molecule has 0 radical (unpaired) electrons. The quantitative estimate of drug-likeness (QED) is 0.735. The van der Waals surface area contributed by atoms with Crippen molar-refractivity contribution in [3.8, 4) is 0 Å². The Balaban J connectivity index is 2.73. The topological polar surface area (TPSA) is 74.7 Å². The normalized spacial score (nSPS) is 12.8. The molecule has 0 saturated heterocycles. The molecular weight excluding hydrogens is 397 g/mol. The van der Waals surface area contributed by atoms with Crippen molar-refractivity contribution in [3.63, 3.8) is 0 Å². The SMILES string of the molecule is CC(C)c1ccccc1N(C(C)C(=O)O)S(=O)(=O)c1ccc(Cl)c(Cl)c1. The van der Waals surface area contributed by atoms with Crippen molar-refractivity contribution in [1.29, 1.82) is 0 Å². The molecule has 0 aliphatic heterocycles. The number of carboxylic acid groups (broad SMARTS) is 1. The highest BCUT2D eigenvalue weighted by Gasteiger charge is 2.35. The molecule has 1 unspecified atom stereocenters. The molecule has 0 amide bonds. The van der Waals surface area contributed by atoms with Crippen molar-refractivity contribution in [3.05, 3.63) is 58.1 Å². The van der Waals surface area contributed by atoms with Crippen LogP contribution in [-0.4, -0.2) is 25.5 Å². The Morgan fingerprint density at radius 2 is 1.65 bits per heavy atom. The van der Waals surface area contributed by atoms with Gasteiger partial charge in [0.2, 0.25) is 0 Å². The van der Waals surface area contributed by atoms with E-state index in [2.05, 4.69) is 0 Å². The highest BCUT2D eigenvalue weighted by atomic mass is 35.5. The van der Waals surface area contributed by atoms with Crippen molar-refractivity contribution in [1.82, 2.24) is 0 Å². The summed E-state index contributed by atoms with van der Waals surface area (Å²) >= 11 is 11.8. The number of halogens is 2. The minimum absolute atomic E-state index is 0.00120. The highest BCUT2D eigenvalue weighted by Crippen LogP contribution is 2.34. The number of sulfonamides is 1. The van der Waals surface area contributed by atoms with Crippen LogP contribution in [0.2, 0.25) is 10.0 Å². The minimum atomic E-state index is -4.18. The number of aliphatic carboxylic acids is 1. The van der Waals surface area contributed by atoms with Gasteiger partial charge in [-0.15, -0.1) is 0 Å². The van der Waals surface area contributed by atoms with Crippen molar-refractivity contribution >= 4 is 44.9 Å². The van der Waals surface area contributed by atoms with E-state index < -0.39 is 22.0 Å². The molecule has 8 heteroatoms. The molecule has 1 N–H and O–H groups in total. The van der Waals surface area contributed by atoms with Gasteiger partial charge in [0.05, 0.1) is 20.6 Å². The summed E-state index contributed by atoms with van der Waals surface area (Å²) in [5.74, 6) is -1.26. The molecule has 0 aliphatic rings. The first-order valence-electron chi connectivity index (χ1n) is 7.88. The van der Waals surface area contributed by atoms with Crippen LogP contribution < -0.4 is 4.31 Å². The molecule has 26 heavy (non-hydrogen) atoms. The van der Waals surface area contributed by atoms with Crippen LogP contribution in [-0.2, 0) is 14.8 Å². The number of carbonyl (C=O) groups is 1. The smallest absolute Gasteiger partial charge is 0.327 e. The summed E-state index contributed by atoms with van der Waals surface area (Å²) < 4.78 is 27.5. The lowest BCUT2D eigenvalue weighted by Gasteiger charge is -2.30. The molecule has 140 valence electrons. The Bertz CT molecular complexity index is 929. The van der Waals surface area contributed by atoms with Crippen LogP contribution in [0.1, 0.15) is 32.3 Å². The number of benzene rings is 2. The van der Waals surface area contributed by atoms with Gasteiger partial charge in [0.15, 0.2) is 0 Å². The Morgan fingerprint density at radius 3 is 2.19 bits per heavy atom. The van der Waals surface area contributed by atoms with Gasteiger partial charge in [-0.3, -0.25) is 4.31 Å². The Hall–Kier alpha value is -1.76. The summed E-state index contributed by atoms with van der Waals surface area (Å²) in [6.45, 7) is 5.15. The van der Waals surface area contributed by atoms with Gasteiger partial charge in [0.25, 0.3) is 10.0 Å². The third-order valence-corrected chi connectivity index (χ3v) is 6.57. The third-order valence-electron chi connectivity index (χ3n) is 3.95. The molecule has 2 rings (SSSR count). The third kappa shape index (κ3) is 3.98. The Labute approximate surface area is 163 Å². The van der Waals surface area contributed by atoms with Crippen LogP contribution in [0.15, 0.2) is 47.4 Å². The summed E-state index contributed by atoms with van der Waals surface area (Å²) in [5.41, 5.74) is 1.05. The monoisotopic (exact) mass is 415 g/mol. The second kappa shape index (κ2) is 7.86. The fourth-order valence-corrected chi connectivity index (χ4v) is 4.60. The largest absolute Gasteiger partial charge is 0.480 e. The predicted octanol–water partition coefficient (Wildman–Crippen LogP) is 4.79. The molecular formula is C18H19Cl2NO4S. The Kier molecular flexibility index (Phi) is 6.21. The lowest BCUT2D eigenvalue weighted by molar-refractivity contribution is -0.137. The molecule has 2 aromatic rings. The first kappa shape index (κ1) is 20.6. The summed E-state index contributed by atoms with van der Waals surface area (Å²) in [6, 6.07) is 9.43. The van der Waals surface area contributed by atoms with Gasteiger partial charge in [-0.05, 0) is 42.7 Å². The van der Waals surface area contributed by atoms with E-state index >= 15 is 0 Å². The minimum Gasteiger partial charge on any atom is -0.480 e. The van der Waals surface area contributed by atoms with Gasteiger partial charge in [-0.25, -0.2) is 13.2 Å². The number of hydrogen-bond acceptors (Lipinski definition) is 3. The van der Waals surface area contributed by atoms with Crippen LogP contribution in [0.5, 0.6) is 0 Å². The number of anilines is 1. The summed E-state index contributed by atoms with van der Waals surface area (Å²) in [7, 11) is -4.18. The van der Waals surface area contributed by atoms with E-state index in [0.29, 0.717) is 5.69 Å². The van der Waals surface area contributed by atoms with Crippen molar-refractivity contribution in [2.45, 2.75) is 37.6 Å². The number of nitrogens with zero attached hydrogens (tertiary/aromatic N) is 1. The van der Waals surface area contributed by atoms with Gasteiger partial charge in [0, 0.05) is 0 Å². The first-order chi connectivity index (χ1) is 12.1. The molecule has 2 aromatic carbocycles. The molecule has 0 aromatic heterocycles. The molecule has 0 aliphatic carbocycles. The molecule has 0 spiro atoms. The van der Waals surface area contributed by atoms with E-state index in [-0.39, 0.29) is 20.9 Å². The van der Waals surface area contributed by atoms with Gasteiger partial charge in [-0.2, -0.15) is 0 Å². The fraction of sp³-hybridized carbons (Fsp3) is 0.278. The zero-order valence-corrected chi connectivity index (χ0v) is 16.8. The van der Waals surface area contributed by atoms with E-state index in [0.717, 1.165) is 9.87 Å². The summed E-state index contributed by atoms with van der Waals surface area (Å²) in [5, 5.41) is 9.79.